The minimum absolute atomic E-state index is 0. The fraction of sp³-hybridized carbons (Fsp3) is 0.182. The summed E-state index contributed by atoms with van der Waals surface area (Å²) in [5.74, 6) is 0.581. The van der Waals surface area contributed by atoms with Gasteiger partial charge in [-0.25, -0.2) is 4.39 Å². The third-order valence-electron chi connectivity index (χ3n) is 4.10. The second kappa shape index (κ2) is 10.3. The van der Waals surface area contributed by atoms with Crippen LogP contribution >= 0.6 is 24.0 Å². The minimum atomic E-state index is -0.226. The molecular weight excluding hydrogens is 384 g/mol. The number of aryl methyl sites for hydroxylation is 1. The molecule has 0 bridgehead atoms. The number of hydrogen-bond acceptors (Lipinski definition) is 2. The topological polar surface area (TPSA) is 21.3 Å². The predicted molar refractivity (Wildman–Crippen MR) is 111 cm³/mol. The summed E-state index contributed by atoms with van der Waals surface area (Å²) < 4.78 is 19.0. The van der Waals surface area contributed by atoms with Crippen molar-refractivity contribution in [1.82, 2.24) is 5.32 Å². The van der Waals surface area contributed by atoms with Crippen LogP contribution in [0.1, 0.15) is 22.3 Å². The molecule has 0 aliphatic carbocycles. The summed E-state index contributed by atoms with van der Waals surface area (Å²) in [7, 11) is 0. The molecule has 1 N–H and O–H groups in total. The van der Waals surface area contributed by atoms with Crippen LogP contribution < -0.4 is 10.1 Å². The lowest BCUT2D eigenvalue weighted by atomic mass is 10.1. The van der Waals surface area contributed by atoms with Crippen LogP contribution in [-0.2, 0) is 19.7 Å². The van der Waals surface area contributed by atoms with Gasteiger partial charge >= 0.3 is 0 Å². The van der Waals surface area contributed by atoms with Gasteiger partial charge in [-0.05, 0) is 48.4 Å². The van der Waals surface area contributed by atoms with Crippen molar-refractivity contribution >= 4 is 24.0 Å². The van der Waals surface area contributed by atoms with Crippen molar-refractivity contribution in [1.29, 1.82) is 0 Å². The SMILES string of the molecule is Cc1ccc(COc2ccc(Cl)cc2CNCc2ccc(F)cc2)cc1.Cl. The third-order valence-corrected chi connectivity index (χ3v) is 4.33. The average molecular weight is 406 g/mol. The van der Waals surface area contributed by atoms with Crippen LogP contribution in [0.3, 0.4) is 0 Å². The largest absolute Gasteiger partial charge is 0.489 e. The van der Waals surface area contributed by atoms with Crippen molar-refractivity contribution in [2.75, 3.05) is 0 Å². The van der Waals surface area contributed by atoms with Crippen molar-refractivity contribution in [3.8, 4) is 5.75 Å². The van der Waals surface area contributed by atoms with Crippen molar-refractivity contribution in [3.05, 3.63) is 99.8 Å². The summed E-state index contributed by atoms with van der Waals surface area (Å²) in [4.78, 5) is 0. The summed E-state index contributed by atoms with van der Waals surface area (Å²) in [6.45, 7) is 3.83. The molecule has 0 saturated heterocycles. The Balaban J connectivity index is 0.00000261. The maximum Gasteiger partial charge on any atom is 0.124 e. The van der Waals surface area contributed by atoms with Gasteiger partial charge in [-0.3, -0.25) is 0 Å². The number of ether oxygens (including phenoxy) is 1. The van der Waals surface area contributed by atoms with Crippen molar-refractivity contribution < 1.29 is 9.13 Å². The third kappa shape index (κ3) is 6.55. The average Bonchev–Trinajstić information content (AvgIpc) is 2.64. The van der Waals surface area contributed by atoms with Crippen LogP contribution in [0.15, 0.2) is 66.7 Å². The Morgan fingerprint density at radius 3 is 2.26 bits per heavy atom. The lowest BCUT2D eigenvalue weighted by molar-refractivity contribution is 0.302. The number of benzene rings is 3. The smallest absolute Gasteiger partial charge is 0.124 e. The Hall–Kier alpha value is -2.07. The van der Waals surface area contributed by atoms with Gasteiger partial charge in [-0.15, -0.1) is 12.4 Å². The zero-order chi connectivity index (χ0) is 18.4. The van der Waals surface area contributed by atoms with E-state index in [4.69, 9.17) is 16.3 Å². The Morgan fingerprint density at radius 2 is 1.56 bits per heavy atom. The summed E-state index contributed by atoms with van der Waals surface area (Å²) in [5.41, 5.74) is 4.36. The van der Waals surface area contributed by atoms with Crippen LogP contribution in [0.25, 0.3) is 0 Å². The molecule has 0 heterocycles. The van der Waals surface area contributed by atoms with E-state index in [-0.39, 0.29) is 18.2 Å². The molecule has 142 valence electrons. The highest BCUT2D eigenvalue weighted by Crippen LogP contribution is 2.24. The maximum absolute atomic E-state index is 13.0. The highest BCUT2D eigenvalue weighted by atomic mass is 35.5. The number of halogens is 3. The van der Waals surface area contributed by atoms with E-state index < -0.39 is 0 Å². The molecule has 0 saturated carbocycles. The van der Waals surface area contributed by atoms with E-state index in [9.17, 15) is 4.39 Å². The summed E-state index contributed by atoms with van der Waals surface area (Å²) >= 11 is 6.14. The van der Waals surface area contributed by atoms with Crippen LogP contribution in [0.2, 0.25) is 5.02 Å². The Kier molecular flexibility index (Phi) is 8.11. The molecule has 0 aliphatic rings. The Morgan fingerprint density at radius 1 is 0.889 bits per heavy atom. The molecule has 5 heteroatoms. The fourth-order valence-corrected chi connectivity index (χ4v) is 2.81. The molecule has 0 radical (unpaired) electrons. The maximum atomic E-state index is 13.0. The first-order valence-electron chi connectivity index (χ1n) is 8.52. The number of rotatable bonds is 7. The molecule has 0 spiro atoms. The van der Waals surface area contributed by atoms with Crippen LogP contribution in [-0.4, -0.2) is 0 Å². The molecule has 3 aromatic carbocycles. The van der Waals surface area contributed by atoms with E-state index in [1.54, 1.807) is 12.1 Å². The molecule has 0 unspecified atom stereocenters. The number of hydrogen-bond donors (Lipinski definition) is 1. The van der Waals surface area contributed by atoms with Crippen LogP contribution in [0, 0.1) is 12.7 Å². The molecule has 0 fully saturated rings. The molecule has 0 aromatic heterocycles. The molecule has 27 heavy (non-hydrogen) atoms. The van der Waals surface area contributed by atoms with Gasteiger partial charge in [0, 0.05) is 23.7 Å². The highest BCUT2D eigenvalue weighted by Gasteiger charge is 2.06. The fourth-order valence-electron chi connectivity index (χ4n) is 2.62. The van der Waals surface area contributed by atoms with Crippen LogP contribution in [0.4, 0.5) is 4.39 Å². The zero-order valence-corrected chi connectivity index (χ0v) is 16.6. The zero-order valence-electron chi connectivity index (χ0n) is 15.0. The normalized spacial score (nSPS) is 10.3. The van der Waals surface area contributed by atoms with Gasteiger partial charge in [-0.2, -0.15) is 0 Å². The Bertz CT molecular complexity index is 851. The molecule has 0 amide bonds. The van der Waals surface area contributed by atoms with E-state index in [1.165, 1.54) is 17.7 Å². The second-order valence-electron chi connectivity index (χ2n) is 6.26. The van der Waals surface area contributed by atoms with Crippen LogP contribution in [0.5, 0.6) is 5.75 Å². The van der Waals surface area contributed by atoms with Gasteiger partial charge < -0.3 is 10.1 Å². The van der Waals surface area contributed by atoms with Gasteiger partial charge in [0.05, 0.1) is 0 Å². The van der Waals surface area contributed by atoms with E-state index >= 15 is 0 Å². The Labute approximate surface area is 170 Å². The molecule has 3 rings (SSSR count). The first kappa shape index (κ1) is 21.2. The van der Waals surface area contributed by atoms with Gasteiger partial charge in [0.15, 0.2) is 0 Å². The van der Waals surface area contributed by atoms with E-state index in [0.717, 1.165) is 22.4 Å². The summed E-state index contributed by atoms with van der Waals surface area (Å²) in [5, 5.41) is 4.02. The lowest BCUT2D eigenvalue weighted by Gasteiger charge is -2.13. The van der Waals surface area contributed by atoms with Gasteiger partial charge in [0.25, 0.3) is 0 Å². The van der Waals surface area contributed by atoms with Crippen molar-refractivity contribution in [2.24, 2.45) is 0 Å². The highest BCUT2D eigenvalue weighted by molar-refractivity contribution is 6.30. The molecule has 3 aromatic rings. The monoisotopic (exact) mass is 405 g/mol. The van der Waals surface area contributed by atoms with Crippen molar-refractivity contribution in [3.63, 3.8) is 0 Å². The van der Waals surface area contributed by atoms with Gasteiger partial charge in [0.2, 0.25) is 0 Å². The van der Waals surface area contributed by atoms with Gasteiger partial charge in [-0.1, -0.05) is 53.6 Å². The van der Waals surface area contributed by atoms with E-state index in [2.05, 4.69) is 36.5 Å². The molecular formula is C22H22Cl2FNO. The van der Waals surface area contributed by atoms with E-state index in [0.29, 0.717) is 24.7 Å². The lowest BCUT2D eigenvalue weighted by Crippen LogP contribution is -2.13. The molecule has 0 atom stereocenters. The summed E-state index contributed by atoms with van der Waals surface area (Å²) in [6.07, 6.45) is 0. The molecule has 0 aliphatic heterocycles. The van der Waals surface area contributed by atoms with Gasteiger partial charge in [0.1, 0.15) is 18.2 Å². The first-order valence-corrected chi connectivity index (χ1v) is 8.90. The van der Waals surface area contributed by atoms with Crippen molar-refractivity contribution in [2.45, 2.75) is 26.6 Å². The second-order valence-corrected chi connectivity index (χ2v) is 6.69. The standard InChI is InChI=1S/C22H21ClFNO.ClH/c1-16-2-4-18(5-3-16)15-26-22-11-8-20(23)12-19(22)14-25-13-17-6-9-21(24)10-7-17;/h2-12,25H,13-15H2,1H3;1H. The number of nitrogens with one attached hydrogen (secondary N) is 1. The van der Waals surface area contributed by atoms with E-state index in [1.807, 2.05) is 18.2 Å². The molecule has 2 nitrogen and oxygen atoms in total. The summed E-state index contributed by atoms with van der Waals surface area (Å²) in [6, 6.07) is 20.4. The predicted octanol–water partition coefficient (Wildman–Crippen LogP) is 6.08. The quantitative estimate of drug-likeness (QED) is 0.514. The first-order chi connectivity index (χ1) is 12.6. The minimum Gasteiger partial charge on any atom is -0.489 e.